The predicted molar refractivity (Wildman–Crippen MR) is 78.8 cm³/mol. The van der Waals surface area contributed by atoms with E-state index in [1.165, 1.54) is 6.07 Å². The van der Waals surface area contributed by atoms with Crippen LogP contribution in [0.2, 0.25) is 0 Å². The summed E-state index contributed by atoms with van der Waals surface area (Å²) in [6.07, 6.45) is 1.19. The maximum Gasteiger partial charge on any atom is 0.272 e. The Labute approximate surface area is 118 Å². The van der Waals surface area contributed by atoms with Gasteiger partial charge >= 0.3 is 0 Å². The van der Waals surface area contributed by atoms with E-state index in [9.17, 15) is 14.9 Å². The molecule has 0 spiro atoms. The SMILES string of the molecule is Cc1cc(NC(=O)CCCNC(C)C)ccc1[N+](=O)[O-]. The van der Waals surface area contributed by atoms with Crippen LogP contribution in [-0.2, 0) is 4.79 Å². The molecule has 0 unspecified atom stereocenters. The molecule has 6 nitrogen and oxygen atoms in total. The Balaban J connectivity index is 2.46. The number of hydrogen-bond acceptors (Lipinski definition) is 4. The van der Waals surface area contributed by atoms with Gasteiger partial charge in [-0.3, -0.25) is 14.9 Å². The Morgan fingerprint density at radius 3 is 2.65 bits per heavy atom. The number of benzene rings is 1. The summed E-state index contributed by atoms with van der Waals surface area (Å²) < 4.78 is 0. The maximum absolute atomic E-state index is 11.7. The second-order valence-corrected chi connectivity index (χ2v) is 5.02. The van der Waals surface area contributed by atoms with Gasteiger partial charge in [0, 0.05) is 29.8 Å². The van der Waals surface area contributed by atoms with Crippen molar-refractivity contribution in [3.05, 3.63) is 33.9 Å². The zero-order valence-electron chi connectivity index (χ0n) is 12.1. The van der Waals surface area contributed by atoms with Crippen LogP contribution in [0.25, 0.3) is 0 Å². The van der Waals surface area contributed by atoms with Crippen LogP contribution >= 0.6 is 0 Å². The summed E-state index contributed by atoms with van der Waals surface area (Å²) in [4.78, 5) is 22.0. The van der Waals surface area contributed by atoms with Crippen molar-refractivity contribution in [1.82, 2.24) is 5.32 Å². The normalized spacial score (nSPS) is 10.6. The van der Waals surface area contributed by atoms with Gasteiger partial charge in [-0.15, -0.1) is 0 Å². The molecule has 1 aromatic rings. The first kappa shape index (κ1) is 16.1. The highest BCUT2D eigenvalue weighted by Crippen LogP contribution is 2.21. The third-order valence-corrected chi connectivity index (χ3v) is 2.81. The number of hydrogen-bond donors (Lipinski definition) is 2. The van der Waals surface area contributed by atoms with Gasteiger partial charge in [0.2, 0.25) is 5.91 Å². The van der Waals surface area contributed by atoms with Crippen molar-refractivity contribution in [2.75, 3.05) is 11.9 Å². The van der Waals surface area contributed by atoms with Crippen molar-refractivity contribution in [1.29, 1.82) is 0 Å². The first-order valence-corrected chi connectivity index (χ1v) is 6.68. The molecule has 0 fully saturated rings. The van der Waals surface area contributed by atoms with Gasteiger partial charge in [-0.2, -0.15) is 0 Å². The zero-order chi connectivity index (χ0) is 15.1. The van der Waals surface area contributed by atoms with Crippen LogP contribution in [0.1, 0.15) is 32.3 Å². The van der Waals surface area contributed by atoms with E-state index < -0.39 is 4.92 Å². The first-order valence-electron chi connectivity index (χ1n) is 6.68. The van der Waals surface area contributed by atoms with Crippen molar-refractivity contribution in [2.45, 2.75) is 39.7 Å². The number of nitrogens with one attached hydrogen (secondary N) is 2. The number of anilines is 1. The Morgan fingerprint density at radius 1 is 1.40 bits per heavy atom. The fourth-order valence-corrected chi connectivity index (χ4v) is 1.80. The Hall–Kier alpha value is -1.95. The number of nitrogens with zero attached hydrogens (tertiary/aromatic N) is 1. The molecule has 0 radical (unpaired) electrons. The van der Waals surface area contributed by atoms with E-state index in [1.807, 2.05) is 0 Å². The van der Waals surface area contributed by atoms with Gasteiger partial charge in [0.15, 0.2) is 0 Å². The second kappa shape index (κ2) is 7.59. The summed E-state index contributed by atoms with van der Waals surface area (Å²) in [6, 6.07) is 4.98. The number of carbonyl (C=O) groups excluding carboxylic acids is 1. The molecule has 2 N–H and O–H groups in total. The lowest BCUT2D eigenvalue weighted by Crippen LogP contribution is -2.24. The number of amides is 1. The van der Waals surface area contributed by atoms with Crippen molar-refractivity contribution in [3.8, 4) is 0 Å². The molecule has 1 aromatic carbocycles. The molecule has 1 rings (SSSR count). The van der Waals surface area contributed by atoms with E-state index in [2.05, 4.69) is 24.5 Å². The quantitative estimate of drug-likeness (QED) is 0.456. The molecular formula is C14H21N3O3. The highest BCUT2D eigenvalue weighted by Gasteiger charge is 2.11. The molecule has 1 amide bonds. The lowest BCUT2D eigenvalue weighted by Gasteiger charge is -2.08. The van der Waals surface area contributed by atoms with Crippen molar-refractivity contribution >= 4 is 17.3 Å². The lowest BCUT2D eigenvalue weighted by atomic mass is 10.1. The molecule has 0 aliphatic carbocycles. The number of nitro benzene ring substituents is 1. The highest BCUT2D eigenvalue weighted by molar-refractivity contribution is 5.90. The summed E-state index contributed by atoms with van der Waals surface area (Å²) >= 11 is 0. The van der Waals surface area contributed by atoms with Crippen LogP contribution in [0, 0.1) is 17.0 Å². The molecular weight excluding hydrogens is 258 g/mol. The minimum atomic E-state index is -0.432. The topological polar surface area (TPSA) is 84.3 Å². The molecule has 0 atom stereocenters. The third kappa shape index (κ3) is 5.36. The Kier molecular flexibility index (Phi) is 6.11. The van der Waals surface area contributed by atoms with Crippen molar-refractivity contribution in [3.63, 3.8) is 0 Å². The standard InChI is InChI=1S/C14H21N3O3/c1-10(2)15-8-4-5-14(18)16-12-6-7-13(17(19)20)11(3)9-12/h6-7,9-10,15H,4-5,8H2,1-3H3,(H,16,18). The van der Waals surface area contributed by atoms with Gasteiger partial charge in [0.1, 0.15) is 0 Å². The van der Waals surface area contributed by atoms with Crippen LogP contribution < -0.4 is 10.6 Å². The highest BCUT2D eigenvalue weighted by atomic mass is 16.6. The van der Waals surface area contributed by atoms with Crippen LogP contribution in [0.15, 0.2) is 18.2 Å². The Morgan fingerprint density at radius 2 is 2.10 bits per heavy atom. The predicted octanol–water partition coefficient (Wildman–Crippen LogP) is 2.62. The van der Waals surface area contributed by atoms with Crippen LogP contribution in [0.4, 0.5) is 11.4 Å². The van der Waals surface area contributed by atoms with E-state index in [-0.39, 0.29) is 11.6 Å². The van der Waals surface area contributed by atoms with E-state index >= 15 is 0 Å². The van der Waals surface area contributed by atoms with Crippen LogP contribution in [-0.4, -0.2) is 23.4 Å². The monoisotopic (exact) mass is 279 g/mol. The molecule has 6 heteroatoms. The average Bonchev–Trinajstić information content (AvgIpc) is 2.34. The van der Waals surface area contributed by atoms with Gasteiger partial charge in [0.25, 0.3) is 5.69 Å². The molecule has 0 aliphatic heterocycles. The third-order valence-electron chi connectivity index (χ3n) is 2.81. The average molecular weight is 279 g/mol. The zero-order valence-corrected chi connectivity index (χ0v) is 12.1. The van der Waals surface area contributed by atoms with Gasteiger partial charge < -0.3 is 10.6 Å². The van der Waals surface area contributed by atoms with E-state index in [4.69, 9.17) is 0 Å². The van der Waals surface area contributed by atoms with Gasteiger partial charge in [-0.05, 0) is 32.0 Å². The lowest BCUT2D eigenvalue weighted by molar-refractivity contribution is -0.385. The number of carbonyl (C=O) groups is 1. The van der Waals surface area contributed by atoms with Crippen LogP contribution in [0.3, 0.4) is 0 Å². The summed E-state index contributed by atoms with van der Waals surface area (Å²) in [5.74, 6) is -0.0798. The fourth-order valence-electron chi connectivity index (χ4n) is 1.80. The summed E-state index contributed by atoms with van der Waals surface area (Å²) in [6.45, 7) is 6.56. The summed E-state index contributed by atoms with van der Waals surface area (Å²) in [5.41, 5.74) is 1.19. The molecule has 20 heavy (non-hydrogen) atoms. The van der Waals surface area contributed by atoms with Gasteiger partial charge in [0.05, 0.1) is 4.92 Å². The molecule has 0 saturated carbocycles. The maximum atomic E-state index is 11.7. The number of nitro groups is 1. The van der Waals surface area contributed by atoms with Crippen molar-refractivity contribution in [2.24, 2.45) is 0 Å². The smallest absolute Gasteiger partial charge is 0.272 e. The number of rotatable bonds is 7. The van der Waals surface area contributed by atoms with Gasteiger partial charge in [-0.1, -0.05) is 13.8 Å². The molecule has 0 saturated heterocycles. The van der Waals surface area contributed by atoms with Gasteiger partial charge in [-0.25, -0.2) is 0 Å². The first-order chi connectivity index (χ1) is 9.40. The van der Waals surface area contributed by atoms with Crippen molar-refractivity contribution < 1.29 is 9.72 Å². The minimum absolute atomic E-state index is 0.0594. The molecule has 0 heterocycles. The summed E-state index contributed by atoms with van der Waals surface area (Å²) in [7, 11) is 0. The summed E-state index contributed by atoms with van der Waals surface area (Å²) in [5, 5.41) is 16.7. The van der Waals surface area contributed by atoms with E-state index in [1.54, 1.807) is 19.1 Å². The van der Waals surface area contributed by atoms with Crippen LogP contribution in [0.5, 0.6) is 0 Å². The molecule has 0 aromatic heterocycles. The van der Waals surface area contributed by atoms with E-state index in [0.29, 0.717) is 23.7 Å². The molecule has 110 valence electrons. The minimum Gasteiger partial charge on any atom is -0.326 e. The van der Waals surface area contributed by atoms with E-state index in [0.717, 1.165) is 13.0 Å². The fraction of sp³-hybridized carbons (Fsp3) is 0.500. The second-order valence-electron chi connectivity index (χ2n) is 5.02. The molecule has 0 bridgehead atoms. The largest absolute Gasteiger partial charge is 0.326 e. The number of aryl methyl sites for hydroxylation is 1. The Bertz CT molecular complexity index is 487. The molecule has 0 aliphatic rings.